The van der Waals surface area contributed by atoms with Gasteiger partial charge in [-0.3, -0.25) is 9.69 Å². The number of carbonyl (C=O) groups is 1. The average Bonchev–Trinajstić information content (AvgIpc) is 2.15. The maximum absolute atomic E-state index is 11.2. The molecule has 1 aromatic rings. The van der Waals surface area contributed by atoms with Crippen molar-refractivity contribution in [3.05, 3.63) is 35.4 Å². The van der Waals surface area contributed by atoms with Gasteiger partial charge >= 0.3 is 0 Å². The number of carbonyl (C=O) groups excluding carboxylic acids is 1. The van der Waals surface area contributed by atoms with Crippen molar-refractivity contribution in [2.45, 2.75) is 26.8 Å². The van der Waals surface area contributed by atoms with Crippen molar-refractivity contribution in [3.63, 3.8) is 0 Å². The van der Waals surface area contributed by atoms with Gasteiger partial charge in [-0.15, -0.1) is 0 Å². The first kappa shape index (κ1) is 11.3. The SMILES string of the molecule is CC(=O)C1CN([C@@H](C)c2ccccc2C)C1. The van der Waals surface area contributed by atoms with E-state index in [1.807, 2.05) is 0 Å². The summed E-state index contributed by atoms with van der Waals surface area (Å²) in [5.74, 6) is 0.597. The van der Waals surface area contributed by atoms with Crippen LogP contribution in [-0.2, 0) is 4.79 Å². The molecule has 1 aromatic carbocycles. The largest absolute Gasteiger partial charge is 0.300 e. The van der Waals surface area contributed by atoms with Crippen LogP contribution in [0.1, 0.15) is 31.0 Å². The first-order chi connectivity index (χ1) is 7.59. The highest BCUT2D eigenvalue weighted by Crippen LogP contribution is 2.30. The van der Waals surface area contributed by atoms with Crippen LogP contribution in [0.25, 0.3) is 0 Å². The lowest BCUT2D eigenvalue weighted by molar-refractivity contribution is -0.126. The lowest BCUT2D eigenvalue weighted by atomic mass is 9.91. The summed E-state index contributed by atoms with van der Waals surface area (Å²) in [7, 11) is 0. The van der Waals surface area contributed by atoms with E-state index in [-0.39, 0.29) is 5.92 Å². The Balaban J connectivity index is 2.03. The minimum atomic E-state index is 0.270. The zero-order chi connectivity index (χ0) is 11.7. The van der Waals surface area contributed by atoms with Crippen molar-refractivity contribution in [3.8, 4) is 0 Å². The third-order valence-electron chi connectivity index (χ3n) is 3.67. The second kappa shape index (κ2) is 4.38. The van der Waals surface area contributed by atoms with Crippen LogP contribution in [0, 0.1) is 12.8 Å². The molecule has 0 radical (unpaired) electrons. The summed E-state index contributed by atoms with van der Waals surface area (Å²) in [6, 6.07) is 8.91. The van der Waals surface area contributed by atoms with Gasteiger partial charge in [0.05, 0.1) is 0 Å². The van der Waals surface area contributed by atoms with Crippen molar-refractivity contribution >= 4 is 5.78 Å². The fraction of sp³-hybridized carbons (Fsp3) is 0.500. The molecule has 0 aromatic heterocycles. The van der Waals surface area contributed by atoms with Gasteiger partial charge in [-0.25, -0.2) is 0 Å². The van der Waals surface area contributed by atoms with E-state index < -0.39 is 0 Å². The van der Waals surface area contributed by atoms with Crippen molar-refractivity contribution in [2.75, 3.05) is 13.1 Å². The van der Waals surface area contributed by atoms with Crippen LogP contribution in [-0.4, -0.2) is 23.8 Å². The Kier molecular flexibility index (Phi) is 3.10. The van der Waals surface area contributed by atoms with E-state index >= 15 is 0 Å². The summed E-state index contributed by atoms with van der Waals surface area (Å²) in [4.78, 5) is 13.5. The first-order valence-electron chi connectivity index (χ1n) is 5.89. The first-order valence-corrected chi connectivity index (χ1v) is 5.89. The topological polar surface area (TPSA) is 20.3 Å². The van der Waals surface area contributed by atoms with Gasteiger partial charge < -0.3 is 0 Å². The van der Waals surface area contributed by atoms with Crippen LogP contribution < -0.4 is 0 Å². The number of nitrogens with zero attached hydrogens (tertiary/aromatic N) is 1. The van der Waals surface area contributed by atoms with Gasteiger partial charge in [-0.2, -0.15) is 0 Å². The van der Waals surface area contributed by atoms with Crippen LogP contribution in [0.2, 0.25) is 0 Å². The van der Waals surface area contributed by atoms with Crippen LogP contribution in [0.15, 0.2) is 24.3 Å². The number of hydrogen-bond donors (Lipinski definition) is 0. The molecule has 0 saturated carbocycles. The molecule has 0 unspecified atom stereocenters. The monoisotopic (exact) mass is 217 g/mol. The molecule has 2 rings (SSSR count). The molecule has 86 valence electrons. The second-order valence-corrected chi connectivity index (χ2v) is 4.79. The number of benzene rings is 1. The minimum absolute atomic E-state index is 0.270. The molecule has 0 amide bonds. The van der Waals surface area contributed by atoms with Crippen molar-refractivity contribution in [1.82, 2.24) is 4.90 Å². The average molecular weight is 217 g/mol. The summed E-state index contributed by atoms with van der Waals surface area (Å²) in [5, 5.41) is 0. The highest BCUT2D eigenvalue weighted by atomic mass is 16.1. The van der Waals surface area contributed by atoms with Gasteiger partial charge in [0, 0.05) is 25.0 Å². The third-order valence-corrected chi connectivity index (χ3v) is 3.67. The molecule has 2 heteroatoms. The van der Waals surface area contributed by atoms with Gasteiger partial charge in [0.25, 0.3) is 0 Å². The van der Waals surface area contributed by atoms with Crippen LogP contribution in [0.3, 0.4) is 0 Å². The zero-order valence-corrected chi connectivity index (χ0v) is 10.2. The minimum Gasteiger partial charge on any atom is -0.300 e. The van der Waals surface area contributed by atoms with Gasteiger partial charge in [0.2, 0.25) is 0 Å². The summed E-state index contributed by atoms with van der Waals surface area (Å²) in [5.41, 5.74) is 2.71. The van der Waals surface area contributed by atoms with Crippen molar-refractivity contribution in [2.24, 2.45) is 5.92 Å². The van der Waals surface area contributed by atoms with E-state index in [1.165, 1.54) is 11.1 Å². The summed E-state index contributed by atoms with van der Waals surface area (Å²) in [6.45, 7) is 7.91. The Morgan fingerprint density at radius 3 is 2.56 bits per heavy atom. The lowest BCUT2D eigenvalue weighted by Crippen LogP contribution is -2.50. The summed E-state index contributed by atoms with van der Waals surface area (Å²) in [6.07, 6.45) is 0. The van der Waals surface area contributed by atoms with Crippen LogP contribution >= 0.6 is 0 Å². The van der Waals surface area contributed by atoms with E-state index in [0.717, 1.165) is 13.1 Å². The van der Waals surface area contributed by atoms with E-state index in [4.69, 9.17) is 0 Å². The third kappa shape index (κ3) is 2.03. The molecule has 1 heterocycles. The molecule has 1 saturated heterocycles. The van der Waals surface area contributed by atoms with Gasteiger partial charge in [0.15, 0.2) is 0 Å². The quantitative estimate of drug-likeness (QED) is 0.775. The molecule has 0 spiro atoms. The number of rotatable bonds is 3. The Labute approximate surface area is 97.3 Å². The Morgan fingerprint density at radius 2 is 2.00 bits per heavy atom. The van der Waals surface area contributed by atoms with E-state index in [0.29, 0.717) is 11.8 Å². The second-order valence-electron chi connectivity index (χ2n) is 4.79. The number of likely N-dealkylation sites (tertiary alicyclic amines) is 1. The Morgan fingerprint density at radius 1 is 1.38 bits per heavy atom. The Hall–Kier alpha value is -1.15. The number of aryl methyl sites for hydroxylation is 1. The summed E-state index contributed by atoms with van der Waals surface area (Å²) < 4.78 is 0. The van der Waals surface area contributed by atoms with Gasteiger partial charge in [-0.05, 0) is 31.9 Å². The predicted molar refractivity (Wildman–Crippen MR) is 65.3 cm³/mol. The standard InChI is InChI=1S/C14H19NO/c1-10-6-4-5-7-14(10)11(2)15-8-13(9-15)12(3)16/h4-7,11,13H,8-9H2,1-3H3/t11-/m0/s1. The molecule has 0 aliphatic carbocycles. The number of ketones is 1. The van der Waals surface area contributed by atoms with Crippen LogP contribution in [0.5, 0.6) is 0 Å². The molecule has 1 fully saturated rings. The molecule has 1 aliphatic rings. The van der Waals surface area contributed by atoms with E-state index in [1.54, 1.807) is 6.92 Å². The number of hydrogen-bond acceptors (Lipinski definition) is 2. The smallest absolute Gasteiger partial charge is 0.135 e. The fourth-order valence-electron chi connectivity index (χ4n) is 2.34. The van der Waals surface area contributed by atoms with Crippen LogP contribution in [0.4, 0.5) is 0 Å². The highest BCUT2D eigenvalue weighted by molar-refractivity contribution is 5.79. The predicted octanol–water partition coefficient (Wildman–Crippen LogP) is 2.58. The number of Topliss-reactive ketones (excluding diaryl/α,β-unsaturated/α-hetero) is 1. The molecule has 1 atom stereocenters. The fourth-order valence-corrected chi connectivity index (χ4v) is 2.34. The van der Waals surface area contributed by atoms with E-state index in [9.17, 15) is 4.79 Å². The normalized spacial score (nSPS) is 19.2. The van der Waals surface area contributed by atoms with E-state index in [2.05, 4.69) is 43.0 Å². The Bertz CT molecular complexity index is 393. The van der Waals surface area contributed by atoms with Crippen molar-refractivity contribution in [1.29, 1.82) is 0 Å². The molecule has 0 N–H and O–H groups in total. The molecular weight excluding hydrogens is 198 g/mol. The molecule has 2 nitrogen and oxygen atoms in total. The zero-order valence-electron chi connectivity index (χ0n) is 10.2. The maximum Gasteiger partial charge on any atom is 0.135 e. The molecule has 0 bridgehead atoms. The van der Waals surface area contributed by atoms with Gasteiger partial charge in [0.1, 0.15) is 5.78 Å². The molecular formula is C14H19NO. The summed E-state index contributed by atoms with van der Waals surface area (Å²) >= 11 is 0. The molecule has 1 aliphatic heterocycles. The van der Waals surface area contributed by atoms with Gasteiger partial charge in [-0.1, -0.05) is 24.3 Å². The molecule has 16 heavy (non-hydrogen) atoms. The lowest BCUT2D eigenvalue weighted by Gasteiger charge is -2.42. The maximum atomic E-state index is 11.2. The highest BCUT2D eigenvalue weighted by Gasteiger charge is 2.33. The van der Waals surface area contributed by atoms with Crippen molar-refractivity contribution < 1.29 is 4.79 Å².